The van der Waals surface area contributed by atoms with E-state index in [1.165, 1.54) is 64.7 Å². The molecule has 14 rings (SSSR count). The van der Waals surface area contributed by atoms with Crippen molar-refractivity contribution in [3.05, 3.63) is 178 Å². The molecule has 0 aliphatic carbocycles. The highest BCUT2D eigenvalue weighted by Crippen LogP contribution is 2.32. The van der Waals surface area contributed by atoms with Gasteiger partial charge in [-0.3, -0.25) is 47.9 Å². The molecule has 6 heterocycles. The summed E-state index contributed by atoms with van der Waals surface area (Å²) >= 11 is 1.88. The lowest BCUT2D eigenvalue weighted by atomic mass is 9.98. The number of carbonyl (C=O) groups is 2. The standard InChI is InChI=1S/2C33H30N2O5S.ClH/c2*36-25(35-16-12-20(13-17-35)34-14-4-1-5-15-34)11-9-19-8-10-23-24(18-19)29(38)27-26-28(37)21-6-2-3-7-22(21)30(39)32(26)41-33(27)31(23)40;/h2*2-3,6-8,10,18,20H,1,4-5,9,11-17H2;1H. The molecular weight excluding hydrogens is 1110 g/mol. The lowest BCUT2D eigenvalue weighted by molar-refractivity contribution is -0.133. The van der Waals surface area contributed by atoms with Crippen LogP contribution >= 0.6 is 35.1 Å². The van der Waals surface area contributed by atoms with E-state index in [9.17, 15) is 47.9 Å². The van der Waals surface area contributed by atoms with E-state index in [0.29, 0.717) is 48.5 Å². The largest absolute Gasteiger partial charge is 0.343 e. The molecule has 83 heavy (non-hydrogen) atoms. The first-order valence-electron chi connectivity index (χ1n) is 29.0. The molecule has 10 aromatic rings. The van der Waals surface area contributed by atoms with Crippen LogP contribution in [0.15, 0.2) is 123 Å². The Bertz CT molecular complexity index is 4430. The van der Waals surface area contributed by atoms with Crippen LogP contribution in [-0.2, 0) is 22.4 Å². The molecule has 0 radical (unpaired) electrons. The van der Waals surface area contributed by atoms with Crippen molar-refractivity contribution in [2.45, 2.75) is 102 Å². The van der Waals surface area contributed by atoms with Gasteiger partial charge in [0.2, 0.25) is 33.5 Å². The molecule has 424 valence electrons. The van der Waals surface area contributed by atoms with Gasteiger partial charge in [-0.1, -0.05) is 73.5 Å². The van der Waals surface area contributed by atoms with E-state index in [1.54, 1.807) is 84.9 Å². The first kappa shape index (κ1) is 56.3. The molecule has 0 N–H and O–H groups in total. The van der Waals surface area contributed by atoms with Gasteiger partial charge in [0.15, 0.2) is 21.7 Å². The van der Waals surface area contributed by atoms with Gasteiger partial charge < -0.3 is 19.6 Å². The third-order valence-corrected chi connectivity index (χ3v) is 20.6. The smallest absolute Gasteiger partial charge is 0.222 e. The normalized spacial score (nSPS) is 17.1. The minimum atomic E-state index is -0.416. The molecule has 0 atom stereocenters. The molecule has 0 spiro atoms. The van der Waals surface area contributed by atoms with E-state index in [2.05, 4.69) is 9.80 Å². The highest BCUT2D eigenvalue weighted by atomic mass is 35.5. The van der Waals surface area contributed by atoms with Crippen molar-refractivity contribution in [3.8, 4) is 0 Å². The summed E-state index contributed by atoms with van der Waals surface area (Å²) in [5, 5.41) is 2.28. The Hall–Kier alpha value is -7.21. The van der Waals surface area contributed by atoms with Crippen LogP contribution in [0.4, 0.5) is 0 Å². The van der Waals surface area contributed by atoms with Crippen LogP contribution in [0.2, 0.25) is 0 Å². The number of fused-ring (bicyclic) bond motifs is 10. The Kier molecular flexibility index (Phi) is 15.7. The summed E-state index contributed by atoms with van der Waals surface area (Å²) in [6.07, 6.45) is 13.4. The molecule has 4 aliphatic rings. The zero-order valence-corrected chi connectivity index (χ0v) is 48.3. The highest BCUT2D eigenvalue weighted by Gasteiger charge is 2.30. The Labute approximate surface area is 489 Å². The fourth-order valence-electron chi connectivity index (χ4n) is 13.8. The number of hydrogen-bond acceptors (Lipinski definition) is 14. The third kappa shape index (κ3) is 10.0. The van der Waals surface area contributed by atoms with Gasteiger partial charge in [0.1, 0.15) is 0 Å². The van der Waals surface area contributed by atoms with Crippen molar-refractivity contribution in [2.75, 3.05) is 52.4 Å². The van der Waals surface area contributed by atoms with Crippen LogP contribution in [0.3, 0.4) is 0 Å². The summed E-state index contributed by atoms with van der Waals surface area (Å²) in [6.45, 7) is 7.80. The molecular formula is C66H61ClN4O10S2. The summed E-state index contributed by atoms with van der Waals surface area (Å²) in [4.78, 5) is 143. The third-order valence-electron chi connectivity index (χ3n) is 18.2. The van der Waals surface area contributed by atoms with Crippen molar-refractivity contribution in [2.24, 2.45) is 0 Å². The first-order valence-corrected chi connectivity index (χ1v) is 30.7. The van der Waals surface area contributed by atoms with Crippen LogP contribution in [0, 0.1) is 0 Å². The van der Waals surface area contributed by atoms with E-state index < -0.39 is 21.7 Å². The minimum absolute atomic E-state index is 0. The number of hydrogen-bond donors (Lipinski definition) is 0. The molecule has 0 unspecified atom stereocenters. The van der Waals surface area contributed by atoms with Gasteiger partial charge in [0.25, 0.3) is 0 Å². The van der Waals surface area contributed by atoms with E-state index in [0.717, 1.165) is 85.7 Å². The number of rotatable bonds is 8. The minimum Gasteiger partial charge on any atom is -0.343 e. The quantitative estimate of drug-likeness (QED) is 0.141. The summed E-state index contributed by atoms with van der Waals surface area (Å²) < 4.78 is 0.613. The molecule has 0 saturated carbocycles. The Morgan fingerprint density at radius 2 is 0.651 bits per heavy atom. The van der Waals surface area contributed by atoms with Crippen molar-refractivity contribution >= 4 is 130 Å². The number of aryl methyl sites for hydroxylation is 2. The lowest BCUT2D eigenvalue weighted by Gasteiger charge is -2.40. The summed E-state index contributed by atoms with van der Waals surface area (Å²) in [6, 6.07) is 24.5. The maximum absolute atomic E-state index is 13.8. The van der Waals surface area contributed by atoms with Crippen molar-refractivity contribution < 1.29 is 9.59 Å². The number of thiophene rings is 2. The Morgan fingerprint density at radius 3 is 0.976 bits per heavy atom. The molecule has 0 bridgehead atoms. The van der Waals surface area contributed by atoms with Gasteiger partial charge in [0, 0.05) is 94.2 Å². The first-order chi connectivity index (χ1) is 39.8. The molecule has 17 heteroatoms. The summed E-state index contributed by atoms with van der Waals surface area (Å²) in [7, 11) is 0. The number of nitrogens with zero attached hydrogens (tertiary/aromatic N) is 4. The second kappa shape index (κ2) is 23.1. The highest BCUT2D eigenvalue weighted by molar-refractivity contribution is 7.26. The predicted octanol–water partition coefficient (Wildman–Crippen LogP) is 8.60. The maximum atomic E-state index is 13.8. The van der Waals surface area contributed by atoms with E-state index in [-0.39, 0.29) is 119 Å². The summed E-state index contributed by atoms with van der Waals surface area (Å²) in [5.74, 6) is 0.221. The van der Waals surface area contributed by atoms with Crippen LogP contribution in [0.25, 0.3) is 83.4 Å². The number of carbonyl (C=O) groups excluding carboxylic acids is 2. The number of likely N-dealkylation sites (tertiary alicyclic amines) is 4. The second-order valence-corrected chi connectivity index (χ2v) is 25.0. The topological polar surface area (TPSA) is 184 Å². The van der Waals surface area contributed by atoms with Crippen LogP contribution in [0.5, 0.6) is 0 Å². The Morgan fingerprint density at radius 1 is 0.361 bits per heavy atom. The van der Waals surface area contributed by atoms with Crippen molar-refractivity contribution in [3.63, 3.8) is 0 Å². The average molecular weight is 1170 g/mol. The zero-order valence-electron chi connectivity index (χ0n) is 45.9. The van der Waals surface area contributed by atoms with E-state index in [4.69, 9.17) is 0 Å². The molecule has 2 aromatic heterocycles. The zero-order chi connectivity index (χ0) is 56.5. The number of piperidine rings is 4. The molecule has 4 aliphatic heterocycles. The average Bonchev–Trinajstić information content (AvgIpc) is 3.27. The fraction of sp³-hybridized carbons (Fsp3) is 0.364. The lowest BCUT2D eigenvalue weighted by Crippen LogP contribution is -2.48. The van der Waals surface area contributed by atoms with E-state index >= 15 is 0 Å². The molecule has 8 aromatic carbocycles. The van der Waals surface area contributed by atoms with Gasteiger partial charge in [-0.05, 0) is 126 Å². The molecule has 2 amide bonds. The van der Waals surface area contributed by atoms with E-state index in [1.807, 2.05) is 9.80 Å². The van der Waals surface area contributed by atoms with Gasteiger partial charge in [-0.25, -0.2) is 0 Å². The van der Waals surface area contributed by atoms with Gasteiger partial charge in [-0.15, -0.1) is 35.1 Å². The molecule has 14 nitrogen and oxygen atoms in total. The van der Waals surface area contributed by atoms with Crippen molar-refractivity contribution in [1.82, 2.24) is 19.6 Å². The second-order valence-electron chi connectivity index (χ2n) is 22.9. The number of halogens is 1. The van der Waals surface area contributed by atoms with Gasteiger partial charge in [0.05, 0.1) is 40.3 Å². The molecule has 4 fully saturated rings. The van der Waals surface area contributed by atoms with Gasteiger partial charge in [-0.2, -0.15) is 0 Å². The number of benzene rings is 8. The van der Waals surface area contributed by atoms with Crippen molar-refractivity contribution in [1.29, 1.82) is 0 Å². The predicted molar refractivity (Wildman–Crippen MR) is 338 cm³/mol. The SMILES string of the molecule is Cl.O=C(CCc1ccc2c(=O)c3sc4c(=O)c5ccccc5c(=O)c4c3c(=O)c2c1)N1CCC(N2CCCCC2)CC1.O=C(CCc1ccc2c(=O)c3sc4c(=O)c5ccccc5c(=O)c4c3c(=O)c2c1)N1CCC(N2CCCCC2)CC1. The van der Waals surface area contributed by atoms with Crippen LogP contribution < -0.4 is 43.4 Å². The van der Waals surface area contributed by atoms with Crippen LogP contribution in [-0.4, -0.2) is 95.9 Å². The van der Waals surface area contributed by atoms with Gasteiger partial charge >= 0.3 is 0 Å². The van der Waals surface area contributed by atoms with Crippen LogP contribution in [0.1, 0.15) is 88.2 Å². The number of amides is 2. The molecule has 4 saturated heterocycles. The fourth-order valence-corrected chi connectivity index (χ4v) is 16.2. The Balaban J connectivity index is 0.000000162. The maximum Gasteiger partial charge on any atom is 0.222 e. The monoisotopic (exact) mass is 1170 g/mol. The summed E-state index contributed by atoms with van der Waals surface area (Å²) in [5.41, 5.74) is -1.41.